The number of hydrogen-bond donors (Lipinski definition) is 1. The van der Waals surface area contributed by atoms with Crippen molar-refractivity contribution in [2.45, 2.75) is 0 Å². The molecule has 0 aliphatic carbocycles. The molecule has 0 saturated carbocycles. The molecule has 25 heavy (non-hydrogen) atoms. The molecule has 0 unspecified atom stereocenters. The summed E-state index contributed by atoms with van der Waals surface area (Å²) in [5.41, 5.74) is 1.00. The Hall–Kier alpha value is -3.34. The van der Waals surface area contributed by atoms with Crippen molar-refractivity contribution in [1.29, 1.82) is 0 Å². The highest BCUT2D eigenvalue weighted by molar-refractivity contribution is 6.22. The molecular weight excluding hydrogens is 318 g/mol. The first kappa shape index (κ1) is 15.2. The van der Waals surface area contributed by atoms with E-state index >= 15 is 0 Å². The lowest BCUT2D eigenvalue weighted by atomic mass is 9.95. The van der Waals surface area contributed by atoms with E-state index in [1.54, 1.807) is 18.3 Å². The lowest BCUT2D eigenvalue weighted by Gasteiger charge is -2.15. The van der Waals surface area contributed by atoms with Crippen molar-refractivity contribution < 1.29 is 19.4 Å². The zero-order valence-electron chi connectivity index (χ0n) is 13.7. The van der Waals surface area contributed by atoms with Gasteiger partial charge in [0.05, 0.1) is 25.3 Å². The summed E-state index contributed by atoms with van der Waals surface area (Å²) in [6, 6.07) is 13.0. The van der Waals surface area contributed by atoms with Gasteiger partial charge in [-0.25, -0.2) is 4.79 Å². The highest BCUT2D eigenvalue weighted by atomic mass is 16.5. The van der Waals surface area contributed by atoms with Crippen molar-refractivity contribution in [3.05, 3.63) is 54.2 Å². The van der Waals surface area contributed by atoms with Gasteiger partial charge in [-0.05, 0) is 35.0 Å². The van der Waals surface area contributed by atoms with E-state index in [1.165, 1.54) is 14.2 Å². The quantitative estimate of drug-likeness (QED) is 0.567. The van der Waals surface area contributed by atoms with Crippen LogP contribution in [0.25, 0.3) is 32.4 Å². The summed E-state index contributed by atoms with van der Waals surface area (Å²) in [5.74, 6) is -0.114. The molecule has 0 atom stereocenters. The summed E-state index contributed by atoms with van der Waals surface area (Å²) in [6.07, 6.45) is 1.78. The minimum absolute atomic E-state index is 0.176. The third kappa shape index (κ3) is 2.16. The molecule has 0 saturated heterocycles. The number of aromatic carboxylic acids is 1. The lowest BCUT2D eigenvalue weighted by Crippen LogP contribution is -2.01. The van der Waals surface area contributed by atoms with Gasteiger partial charge >= 0.3 is 5.97 Å². The Labute approximate surface area is 143 Å². The molecule has 124 valence electrons. The van der Waals surface area contributed by atoms with Crippen molar-refractivity contribution >= 4 is 38.4 Å². The van der Waals surface area contributed by atoms with Crippen LogP contribution in [0, 0.1) is 0 Å². The third-order valence-electron chi connectivity index (χ3n) is 4.44. The number of rotatable bonds is 3. The van der Waals surface area contributed by atoms with Crippen molar-refractivity contribution in [3.8, 4) is 11.5 Å². The van der Waals surface area contributed by atoms with Crippen molar-refractivity contribution in [1.82, 2.24) is 4.98 Å². The number of benzene rings is 3. The minimum atomic E-state index is -1.01. The zero-order chi connectivity index (χ0) is 17.6. The summed E-state index contributed by atoms with van der Waals surface area (Å²) in [4.78, 5) is 16.5. The predicted octanol–water partition coefficient (Wildman–Crippen LogP) is 4.26. The molecule has 0 fully saturated rings. The van der Waals surface area contributed by atoms with Crippen LogP contribution in [-0.4, -0.2) is 30.3 Å². The molecule has 0 amide bonds. The van der Waals surface area contributed by atoms with E-state index in [0.717, 1.165) is 27.1 Å². The SMILES string of the molecule is COc1ccc2c(c(C(=O)O)cc3c4ccccc4ncc23)c1OC. The Kier molecular flexibility index (Phi) is 3.42. The lowest BCUT2D eigenvalue weighted by molar-refractivity contribution is 0.0699. The number of nitrogens with zero attached hydrogens (tertiary/aromatic N) is 1. The molecule has 5 heteroatoms. The molecule has 3 aromatic carbocycles. The number of carboxylic acids is 1. The van der Waals surface area contributed by atoms with Gasteiger partial charge in [-0.15, -0.1) is 0 Å². The Bertz CT molecular complexity index is 1150. The van der Waals surface area contributed by atoms with E-state index in [4.69, 9.17) is 9.47 Å². The molecule has 0 aliphatic heterocycles. The number of methoxy groups -OCH3 is 2. The van der Waals surface area contributed by atoms with Crippen molar-refractivity contribution in [2.24, 2.45) is 0 Å². The Morgan fingerprint density at radius 3 is 2.48 bits per heavy atom. The molecule has 0 aliphatic rings. The number of fused-ring (bicyclic) bond motifs is 5. The largest absolute Gasteiger partial charge is 0.493 e. The predicted molar refractivity (Wildman–Crippen MR) is 96.8 cm³/mol. The molecule has 0 bridgehead atoms. The number of hydrogen-bond acceptors (Lipinski definition) is 4. The van der Waals surface area contributed by atoms with Gasteiger partial charge in [-0.1, -0.05) is 18.2 Å². The fourth-order valence-corrected chi connectivity index (χ4v) is 3.34. The molecule has 0 spiro atoms. The van der Waals surface area contributed by atoms with Gasteiger partial charge in [0.25, 0.3) is 0 Å². The van der Waals surface area contributed by atoms with Crippen LogP contribution in [0.15, 0.2) is 48.7 Å². The Balaban J connectivity index is 2.29. The van der Waals surface area contributed by atoms with Crippen LogP contribution in [0.5, 0.6) is 11.5 Å². The fraction of sp³-hybridized carbons (Fsp3) is 0.100. The van der Waals surface area contributed by atoms with Crippen molar-refractivity contribution in [3.63, 3.8) is 0 Å². The first-order chi connectivity index (χ1) is 12.2. The topological polar surface area (TPSA) is 68.7 Å². The second-order valence-corrected chi connectivity index (χ2v) is 5.69. The third-order valence-corrected chi connectivity index (χ3v) is 4.44. The summed E-state index contributed by atoms with van der Waals surface area (Å²) < 4.78 is 10.8. The summed E-state index contributed by atoms with van der Waals surface area (Å²) in [5, 5.41) is 13.7. The molecule has 1 aromatic heterocycles. The van der Waals surface area contributed by atoms with Crippen LogP contribution in [-0.2, 0) is 0 Å². The number of para-hydroxylation sites is 1. The highest BCUT2D eigenvalue weighted by Gasteiger charge is 2.20. The number of pyridine rings is 1. The van der Waals surface area contributed by atoms with E-state index in [2.05, 4.69) is 4.98 Å². The van der Waals surface area contributed by atoms with Gasteiger partial charge in [0, 0.05) is 22.4 Å². The van der Waals surface area contributed by atoms with E-state index in [9.17, 15) is 9.90 Å². The monoisotopic (exact) mass is 333 g/mol. The van der Waals surface area contributed by atoms with Crippen LogP contribution in [0.3, 0.4) is 0 Å². The first-order valence-electron chi connectivity index (χ1n) is 7.74. The van der Waals surface area contributed by atoms with Crippen LogP contribution >= 0.6 is 0 Å². The maximum Gasteiger partial charge on any atom is 0.336 e. The maximum absolute atomic E-state index is 12.0. The molecule has 1 N–H and O–H groups in total. The molecular formula is C20H15NO4. The summed E-state index contributed by atoms with van der Waals surface area (Å²) >= 11 is 0. The van der Waals surface area contributed by atoms with Gasteiger partial charge in [-0.2, -0.15) is 0 Å². The maximum atomic E-state index is 12.0. The van der Waals surface area contributed by atoms with Crippen molar-refractivity contribution in [2.75, 3.05) is 14.2 Å². The van der Waals surface area contributed by atoms with Crippen LogP contribution in [0.4, 0.5) is 0 Å². The average molecular weight is 333 g/mol. The standard InChI is InChI=1S/C20H15NO4/c1-24-17-8-7-12-15-10-21-16-6-4-3-5-11(16)13(15)9-14(20(22)23)18(12)19(17)25-2/h3-10H,1-2H3,(H,22,23). The van der Waals surface area contributed by atoms with Gasteiger partial charge < -0.3 is 14.6 Å². The molecule has 5 nitrogen and oxygen atoms in total. The second-order valence-electron chi connectivity index (χ2n) is 5.69. The smallest absolute Gasteiger partial charge is 0.336 e. The molecule has 1 heterocycles. The molecule has 4 rings (SSSR count). The highest BCUT2D eigenvalue weighted by Crippen LogP contribution is 2.41. The summed E-state index contributed by atoms with van der Waals surface area (Å²) in [7, 11) is 3.03. The van der Waals surface area contributed by atoms with Gasteiger partial charge in [0.15, 0.2) is 11.5 Å². The number of ether oxygens (including phenoxy) is 2. The van der Waals surface area contributed by atoms with Crippen LogP contribution < -0.4 is 9.47 Å². The minimum Gasteiger partial charge on any atom is -0.493 e. The number of carboxylic acid groups (broad SMARTS) is 1. The van der Waals surface area contributed by atoms with E-state index < -0.39 is 5.97 Å². The van der Waals surface area contributed by atoms with Crippen LogP contribution in [0.1, 0.15) is 10.4 Å². The number of carbonyl (C=O) groups is 1. The van der Waals surface area contributed by atoms with Gasteiger partial charge in [0.1, 0.15) is 0 Å². The number of aromatic nitrogens is 1. The second kappa shape index (κ2) is 5.63. The molecule has 4 aromatic rings. The average Bonchev–Trinajstić information content (AvgIpc) is 2.65. The van der Waals surface area contributed by atoms with Gasteiger partial charge in [-0.3, -0.25) is 4.98 Å². The van der Waals surface area contributed by atoms with E-state index in [0.29, 0.717) is 16.9 Å². The zero-order valence-corrected chi connectivity index (χ0v) is 13.7. The molecule has 0 radical (unpaired) electrons. The van der Waals surface area contributed by atoms with Crippen LogP contribution in [0.2, 0.25) is 0 Å². The summed E-state index contributed by atoms with van der Waals surface area (Å²) in [6.45, 7) is 0. The van der Waals surface area contributed by atoms with Gasteiger partial charge in [0.2, 0.25) is 0 Å². The van der Waals surface area contributed by atoms with E-state index in [-0.39, 0.29) is 5.56 Å². The normalized spacial score (nSPS) is 11.1. The Morgan fingerprint density at radius 2 is 1.76 bits per heavy atom. The first-order valence-corrected chi connectivity index (χ1v) is 7.74. The fourth-order valence-electron chi connectivity index (χ4n) is 3.34. The Morgan fingerprint density at radius 1 is 0.960 bits per heavy atom. The van der Waals surface area contributed by atoms with E-state index in [1.807, 2.05) is 30.3 Å².